The SMILES string of the molecule is O=C(COc1ccccc1C(=O)Nc1ccc(C(F)(F)F)cc1)Cc1ccc(Br)cc1. The number of alkyl halides is 3. The van der Waals surface area contributed by atoms with Gasteiger partial charge in [-0.25, -0.2) is 0 Å². The van der Waals surface area contributed by atoms with Crippen molar-refractivity contribution in [2.75, 3.05) is 11.9 Å². The lowest BCUT2D eigenvalue weighted by atomic mass is 10.1. The molecule has 0 aliphatic carbocycles. The molecule has 3 rings (SSSR count). The number of benzene rings is 3. The molecule has 0 saturated carbocycles. The third kappa shape index (κ3) is 6.42. The van der Waals surface area contributed by atoms with Gasteiger partial charge in [0.05, 0.1) is 11.1 Å². The van der Waals surface area contributed by atoms with Crippen molar-refractivity contribution >= 4 is 33.3 Å². The molecule has 4 nitrogen and oxygen atoms in total. The van der Waals surface area contributed by atoms with Crippen LogP contribution in [0.15, 0.2) is 77.3 Å². The molecule has 8 heteroatoms. The van der Waals surface area contributed by atoms with Crippen LogP contribution >= 0.6 is 15.9 Å². The highest BCUT2D eigenvalue weighted by Gasteiger charge is 2.30. The summed E-state index contributed by atoms with van der Waals surface area (Å²) in [7, 11) is 0. The summed E-state index contributed by atoms with van der Waals surface area (Å²) in [5.41, 5.74) is 0.404. The number of ketones is 1. The van der Waals surface area contributed by atoms with Crippen LogP contribution in [0.25, 0.3) is 0 Å². The maximum absolute atomic E-state index is 12.7. The fourth-order valence-electron chi connectivity index (χ4n) is 2.76. The van der Waals surface area contributed by atoms with Gasteiger partial charge in [0.1, 0.15) is 12.4 Å². The third-order valence-electron chi connectivity index (χ3n) is 4.30. The first kappa shape index (κ1) is 22.6. The third-order valence-corrected chi connectivity index (χ3v) is 4.83. The van der Waals surface area contributed by atoms with E-state index in [0.29, 0.717) is 0 Å². The van der Waals surface area contributed by atoms with Crippen molar-refractivity contribution in [2.45, 2.75) is 12.6 Å². The molecule has 1 N–H and O–H groups in total. The fraction of sp³-hybridized carbons (Fsp3) is 0.130. The summed E-state index contributed by atoms with van der Waals surface area (Å²) >= 11 is 3.33. The molecular weight excluding hydrogens is 475 g/mol. The Morgan fingerprint density at radius 2 is 1.55 bits per heavy atom. The van der Waals surface area contributed by atoms with Gasteiger partial charge in [0, 0.05) is 16.6 Å². The summed E-state index contributed by atoms with van der Waals surface area (Å²) in [5, 5.41) is 2.53. The maximum Gasteiger partial charge on any atom is 0.416 e. The van der Waals surface area contributed by atoms with Gasteiger partial charge < -0.3 is 10.1 Å². The van der Waals surface area contributed by atoms with Gasteiger partial charge in [0.2, 0.25) is 0 Å². The molecule has 0 fully saturated rings. The number of hydrogen-bond donors (Lipinski definition) is 1. The van der Waals surface area contributed by atoms with E-state index in [1.54, 1.807) is 18.2 Å². The van der Waals surface area contributed by atoms with Gasteiger partial charge in [-0.3, -0.25) is 9.59 Å². The molecule has 0 aliphatic rings. The van der Waals surface area contributed by atoms with Crippen LogP contribution in [0.3, 0.4) is 0 Å². The highest BCUT2D eigenvalue weighted by molar-refractivity contribution is 9.10. The molecule has 0 aliphatic heterocycles. The molecule has 160 valence electrons. The number of anilines is 1. The predicted molar refractivity (Wildman–Crippen MR) is 114 cm³/mol. The standard InChI is InChI=1S/C23H17BrF3NO3/c24-17-9-5-15(6-10-17)13-19(29)14-31-21-4-2-1-3-20(21)22(30)28-18-11-7-16(8-12-18)23(25,26)27/h1-12H,13-14H2,(H,28,30). The topological polar surface area (TPSA) is 55.4 Å². The molecule has 0 saturated heterocycles. The van der Waals surface area contributed by atoms with Gasteiger partial charge in [-0.1, -0.05) is 40.2 Å². The van der Waals surface area contributed by atoms with Crippen molar-refractivity contribution in [1.29, 1.82) is 0 Å². The van der Waals surface area contributed by atoms with Crippen LogP contribution < -0.4 is 10.1 Å². The second kappa shape index (κ2) is 9.78. The molecule has 0 atom stereocenters. The Hall–Kier alpha value is -3.13. The van der Waals surface area contributed by atoms with E-state index < -0.39 is 17.6 Å². The first-order valence-corrected chi connectivity index (χ1v) is 9.98. The van der Waals surface area contributed by atoms with E-state index in [9.17, 15) is 22.8 Å². The van der Waals surface area contributed by atoms with Crippen LogP contribution in [-0.4, -0.2) is 18.3 Å². The first-order chi connectivity index (χ1) is 14.7. The van der Waals surface area contributed by atoms with Gasteiger partial charge in [0.15, 0.2) is 5.78 Å². The zero-order chi connectivity index (χ0) is 22.4. The highest BCUT2D eigenvalue weighted by atomic mass is 79.9. The van der Waals surface area contributed by atoms with Crippen molar-refractivity contribution in [2.24, 2.45) is 0 Å². The number of para-hydroxylation sites is 1. The monoisotopic (exact) mass is 491 g/mol. The van der Waals surface area contributed by atoms with E-state index >= 15 is 0 Å². The van der Waals surface area contributed by atoms with E-state index in [1.807, 2.05) is 24.3 Å². The average Bonchev–Trinajstić information content (AvgIpc) is 2.74. The predicted octanol–water partition coefficient (Wildman–Crippen LogP) is 5.91. The van der Waals surface area contributed by atoms with Crippen LogP contribution in [0.2, 0.25) is 0 Å². The summed E-state index contributed by atoms with van der Waals surface area (Å²) in [4.78, 5) is 24.8. The van der Waals surface area contributed by atoms with Gasteiger partial charge in [-0.05, 0) is 54.1 Å². The Balaban J connectivity index is 1.63. The van der Waals surface area contributed by atoms with E-state index in [4.69, 9.17) is 4.74 Å². The Labute approximate surface area is 185 Å². The smallest absolute Gasteiger partial charge is 0.416 e. The zero-order valence-electron chi connectivity index (χ0n) is 16.1. The Kier molecular flexibility index (Phi) is 7.12. The number of Topliss-reactive ketones (excluding diaryl/α,β-unsaturated/α-hetero) is 1. The van der Waals surface area contributed by atoms with E-state index in [0.717, 1.165) is 22.2 Å². The van der Waals surface area contributed by atoms with Crippen molar-refractivity contribution in [3.05, 3.63) is 94.0 Å². The van der Waals surface area contributed by atoms with Crippen molar-refractivity contribution in [3.8, 4) is 5.75 Å². The summed E-state index contributed by atoms with van der Waals surface area (Å²) in [6.07, 6.45) is -4.26. The summed E-state index contributed by atoms with van der Waals surface area (Å²) in [6.45, 7) is -0.222. The average molecular weight is 492 g/mol. The number of hydrogen-bond acceptors (Lipinski definition) is 3. The summed E-state index contributed by atoms with van der Waals surface area (Å²) < 4.78 is 44.5. The van der Waals surface area contributed by atoms with Gasteiger partial charge >= 0.3 is 6.18 Å². The van der Waals surface area contributed by atoms with Crippen LogP contribution in [0.1, 0.15) is 21.5 Å². The lowest BCUT2D eigenvalue weighted by Crippen LogP contribution is -2.17. The molecule has 3 aromatic carbocycles. The normalized spacial score (nSPS) is 11.1. The molecule has 0 heterocycles. The number of ether oxygens (including phenoxy) is 1. The number of nitrogens with one attached hydrogen (secondary N) is 1. The van der Waals surface area contributed by atoms with Gasteiger partial charge in [-0.15, -0.1) is 0 Å². The maximum atomic E-state index is 12.7. The lowest BCUT2D eigenvalue weighted by molar-refractivity contribution is -0.137. The second-order valence-electron chi connectivity index (χ2n) is 6.66. The fourth-order valence-corrected chi connectivity index (χ4v) is 3.02. The molecule has 0 radical (unpaired) electrons. The minimum Gasteiger partial charge on any atom is -0.485 e. The molecule has 1 amide bonds. The number of amides is 1. The van der Waals surface area contributed by atoms with Crippen molar-refractivity contribution in [3.63, 3.8) is 0 Å². The Morgan fingerprint density at radius 3 is 2.19 bits per heavy atom. The molecule has 0 unspecified atom stereocenters. The Morgan fingerprint density at radius 1 is 0.903 bits per heavy atom. The first-order valence-electron chi connectivity index (χ1n) is 9.19. The minimum atomic E-state index is -4.45. The quantitative estimate of drug-likeness (QED) is 0.446. The van der Waals surface area contributed by atoms with Crippen LogP contribution in [0.4, 0.5) is 18.9 Å². The molecule has 31 heavy (non-hydrogen) atoms. The Bertz CT molecular complexity index is 1060. The molecular formula is C23H17BrF3NO3. The number of halogens is 4. The molecule has 3 aromatic rings. The van der Waals surface area contributed by atoms with Crippen molar-refractivity contribution in [1.82, 2.24) is 0 Å². The van der Waals surface area contributed by atoms with E-state index in [2.05, 4.69) is 21.2 Å². The summed E-state index contributed by atoms with van der Waals surface area (Å²) in [5.74, 6) is -0.521. The van der Waals surface area contributed by atoms with Gasteiger partial charge in [-0.2, -0.15) is 13.2 Å². The number of rotatable bonds is 7. The number of carbonyl (C=O) groups excluding carboxylic acids is 2. The van der Waals surface area contributed by atoms with Crippen molar-refractivity contribution < 1.29 is 27.5 Å². The molecule has 0 spiro atoms. The van der Waals surface area contributed by atoms with Gasteiger partial charge in [0.25, 0.3) is 5.91 Å². The minimum absolute atomic E-state index is 0.166. The molecule has 0 aromatic heterocycles. The molecule has 0 bridgehead atoms. The zero-order valence-corrected chi connectivity index (χ0v) is 17.7. The van der Waals surface area contributed by atoms with E-state index in [1.165, 1.54) is 18.2 Å². The second-order valence-corrected chi connectivity index (χ2v) is 7.57. The summed E-state index contributed by atoms with van der Waals surface area (Å²) in [6, 6.07) is 17.8. The van der Waals surface area contributed by atoms with Crippen LogP contribution in [0.5, 0.6) is 5.75 Å². The van der Waals surface area contributed by atoms with Crippen LogP contribution in [-0.2, 0) is 17.4 Å². The lowest BCUT2D eigenvalue weighted by Gasteiger charge is -2.12. The number of carbonyl (C=O) groups is 2. The largest absolute Gasteiger partial charge is 0.485 e. The highest BCUT2D eigenvalue weighted by Crippen LogP contribution is 2.30. The van der Waals surface area contributed by atoms with Crippen LogP contribution in [0, 0.1) is 0 Å². The van der Waals surface area contributed by atoms with E-state index in [-0.39, 0.29) is 35.8 Å².